The third-order valence-electron chi connectivity index (χ3n) is 3.65. The summed E-state index contributed by atoms with van der Waals surface area (Å²) in [5.74, 6) is -4.25. The Morgan fingerprint density at radius 1 is 1.10 bits per heavy atom. The maximum atomic E-state index is 12.9. The Kier molecular flexibility index (Phi) is 9.93. The van der Waals surface area contributed by atoms with Crippen molar-refractivity contribution < 1.29 is 41.8 Å². The Balaban J connectivity index is 5.73. The average molecular weight is 423 g/mol. The lowest BCUT2D eigenvalue weighted by Crippen LogP contribution is -2.62. The minimum absolute atomic E-state index is 0.116. The third-order valence-corrected chi connectivity index (χ3v) is 3.65. The van der Waals surface area contributed by atoms with Crippen LogP contribution in [0.5, 0.6) is 0 Å². The van der Waals surface area contributed by atoms with Crippen molar-refractivity contribution in [2.24, 2.45) is 5.92 Å². The van der Waals surface area contributed by atoms with E-state index in [1.807, 2.05) is 0 Å². The molecule has 0 radical (unpaired) electrons. The predicted octanol–water partition coefficient (Wildman–Crippen LogP) is 3.69. The Labute approximate surface area is 168 Å². The zero-order chi connectivity index (χ0) is 22.9. The van der Waals surface area contributed by atoms with E-state index >= 15 is 0 Å². The number of carbonyl (C=O) groups excluding carboxylic acids is 3. The maximum absolute atomic E-state index is 12.9. The Morgan fingerprint density at radius 3 is 2.14 bits per heavy atom. The summed E-state index contributed by atoms with van der Waals surface area (Å²) in [7, 11) is 0. The summed E-state index contributed by atoms with van der Waals surface area (Å²) in [5.41, 5.74) is -3.08. The lowest BCUT2D eigenvalue weighted by atomic mass is 9.81. The average Bonchev–Trinajstić information content (AvgIpc) is 2.57. The van der Waals surface area contributed by atoms with Gasteiger partial charge in [-0.15, -0.1) is 6.58 Å². The highest BCUT2D eigenvalue weighted by Crippen LogP contribution is 2.29. The first kappa shape index (κ1) is 26.5. The molecule has 0 fully saturated rings. The molecule has 0 spiro atoms. The van der Waals surface area contributed by atoms with Crippen LogP contribution < -0.4 is 5.32 Å². The first-order valence-corrected chi connectivity index (χ1v) is 8.89. The van der Waals surface area contributed by atoms with Crippen LogP contribution >= 0.6 is 0 Å². The Hall–Kier alpha value is -2.52. The molecule has 10 heteroatoms. The summed E-state index contributed by atoms with van der Waals surface area (Å²) in [6, 6.07) is 0. The summed E-state index contributed by atoms with van der Waals surface area (Å²) in [6.07, 6.45) is -2.62. The van der Waals surface area contributed by atoms with Gasteiger partial charge in [0.2, 0.25) is 0 Å². The molecule has 0 aromatic rings. The molecule has 0 aliphatic heterocycles. The van der Waals surface area contributed by atoms with Crippen LogP contribution in [0.2, 0.25) is 0 Å². The summed E-state index contributed by atoms with van der Waals surface area (Å²) in [6.45, 7) is 11.0. The van der Waals surface area contributed by atoms with Gasteiger partial charge in [0, 0.05) is 5.92 Å². The van der Waals surface area contributed by atoms with E-state index in [-0.39, 0.29) is 19.6 Å². The number of carbonyl (C=O) groups is 3. The zero-order valence-electron chi connectivity index (χ0n) is 17.2. The molecule has 0 saturated heterocycles. The molecular formula is C19H28F3NO6. The molecule has 0 aromatic heterocycles. The normalized spacial score (nSPS) is 15.2. The van der Waals surface area contributed by atoms with E-state index in [1.54, 1.807) is 33.0 Å². The van der Waals surface area contributed by atoms with Crippen molar-refractivity contribution in [1.29, 1.82) is 0 Å². The molecule has 0 heterocycles. The first-order valence-electron chi connectivity index (χ1n) is 8.89. The van der Waals surface area contributed by atoms with Crippen LogP contribution in [-0.2, 0) is 23.8 Å². The zero-order valence-corrected chi connectivity index (χ0v) is 17.2. The molecule has 0 bridgehead atoms. The molecule has 2 atom stereocenters. The molecule has 1 N–H and O–H groups in total. The van der Waals surface area contributed by atoms with Crippen LogP contribution in [0.25, 0.3) is 0 Å². The van der Waals surface area contributed by atoms with Crippen molar-refractivity contribution in [2.75, 3.05) is 13.2 Å². The summed E-state index contributed by atoms with van der Waals surface area (Å²) >= 11 is 0. The highest BCUT2D eigenvalue weighted by Gasteiger charge is 2.50. The smallest absolute Gasteiger partial charge is 0.458 e. The number of hydrogen-bond acceptors (Lipinski definition) is 6. The van der Waals surface area contributed by atoms with Gasteiger partial charge in [-0.3, -0.25) is 4.79 Å². The fourth-order valence-corrected chi connectivity index (χ4v) is 2.13. The molecule has 0 aliphatic rings. The maximum Gasteiger partial charge on any atom is 0.508 e. The minimum atomic E-state index is -5.20. The van der Waals surface area contributed by atoms with Gasteiger partial charge < -0.3 is 19.5 Å². The topological polar surface area (TPSA) is 90.9 Å². The van der Waals surface area contributed by atoms with Crippen molar-refractivity contribution in [3.63, 3.8) is 0 Å². The van der Waals surface area contributed by atoms with Crippen molar-refractivity contribution in [2.45, 2.75) is 58.4 Å². The van der Waals surface area contributed by atoms with Gasteiger partial charge in [-0.25, -0.2) is 9.59 Å². The molecule has 29 heavy (non-hydrogen) atoms. The van der Waals surface area contributed by atoms with Gasteiger partial charge >= 0.3 is 24.2 Å². The molecule has 0 aliphatic carbocycles. The number of ether oxygens (including phenoxy) is 3. The second-order valence-corrected chi connectivity index (χ2v) is 7.12. The van der Waals surface area contributed by atoms with Gasteiger partial charge in [0.25, 0.3) is 0 Å². The standard InChI is InChI=1S/C19H28F3NO6/c1-7-13(3)18(15(25)29-17(4,5)6,23-14(24)19(20,21)22)11-9-10-12-28-16(26)27-8-2/h7,9-10,13H,1,8,11-12H2,2-6H3,(H,23,24)/b10-9-. The Morgan fingerprint density at radius 2 is 1.69 bits per heavy atom. The van der Waals surface area contributed by atoms with Gasteiger partial charge in [-0.2, -0.15) is 13.2 Å². The van der Waals surface area contributed by atoms with E-state index in [9.17, 15) is 27.6 Å². The number of nitrogens with one attached hydrogen (secondary N) is 1. The molecule has 0 aromatic carbocycles. The lowest BCUT2D eigenvalue weighted by molar-refractivity contribution is -0.182. The monoisotopic (exact) mass is 423 g/mol. The lowest BCUT2D eigenvalue weighted by Gasteiger charge is -2.38. The second kappa shape index (κ2) is 10.9. The number of esters is 1. The molecule has 2 unspecified atom stereocenters. The second-order valence-electron chi connectivity index (χ2n) is 7.12. The van der Waals surface area contributed by atoms with Crippen molar-refractivity contribution in [3.05, 3.63) is 24.8 Å². The molecule has 166 valence electrons. The predicted molar refractivity (Wildman–Crippen MR) is 98.9 cm³/mol. The number of rotatable bonds is 9. The van der Waals surface area contributed by atoms with Crippen LogP contribution in [0.15, 0.2) is 24.8 Å². The van der Waals surface area contributed by atoms with E-state index < -0.39 is 41.3 Å². The number of hydrogen-bond donors (Lipinski definition) is 1. The largest absolute Gasteiger partial charge is 0.508 e. The highest BCUT2D eigenvalue weighted by molar-refractivity contribution is 5.91. The van der Waals surface area contributed by atoms with Gasteiger partial charge in [-0.1, -0.05) is 25.2 Å². The van der Waals surface area contributed by atoms with Crippen molar-refractivity contribution in [1.82, 2.24) is 5.32 Å². The fourth-order valence-electron chi connectivity index (χ4n) is 2.13. The number of amides is 1. The van der Waals surface area contributed by atoms with Crippen LogP contribution in [0.3, 0.4) is 0 Å². The molecule has 0 rings (SSSR count). The third kappa shape index (κ3) is 9.01. The van der Waals surface area contributed by atoms with Gasteiger partial charge in [0.1, 0.15) is 17.7 Å². The highest BCUT2D eigenvalue weighted by atomic mass is 19.4. The van der Waals surface area contributed by atoms with Crippen molar-refractivity contribution >= 4 is 18.0 Å². The first-order chi connectivity index (χ1) is 13.2. The Bertz CT molecular complexity index is 624. The van der Waals surface area contributed by atoms with Crippen LogP contribution in [0.1, 0.15) is 41.0 Å². The van der Waals surface area contributed by atoms with E-state index in [0.29, 0.717) is 0 Å². The fraction of sp³-hybridized carbons (Fsp3) is 0.632. The van der Waals surface area contributed by atoms with Crippen LogP contribution in [0, 0.1) is 5.92 Å². The minimum Gasteiger partial charge on any atom is -0.458 e. The van der Waals surface area contributed by atoms with Crippen molar-refractivity contribution in [3.8, 4) is 0 Å². The van der Waals surface area contributed by atoms with Gasteiger partial charge in [-0.05, 0) is 34.1 Å². The van der Waals surface area contributed by atoms with Gasteiger partial charge in [0.05, 0.1) is 6.61 Å². The molecule has 1 amide bonds. The van der Waals surface area contributed by atoms with Crippen LogP contribution in [-0.4, -0.2) is 48.6 Å². The summed E-state index contributed by atoms with van der Waals surface area (Å²) in [4.78, 5) is 35.6. The quantitative estimate of drug-likeness (QED) is 0.449. The molecule has 7 nitrogen and oxygen atoms in total. The number of alkyl halides is 3. The SMILES string of the molecule is C=CC(C)C(C/C=C\COC(=O)OCC)(NC(=O)C(F)(F)F)C(=O)OC(C)(C)C. The summed E-state index contributed by atoms with van der Waals surface area (Å²) < 4.78 is 53.2. The van der Waals surface area contributed by atoms with Gasteiger partial charge in [0.15, 0.2) is 0 Å². The van der Waals surface area contributed by atoms with Crippen LogP contribution in [0.4, 0.5) is 18.0 Å². The summed E-state index contributed by atoms with van der Waals surface area (Å²) in [5, 5.41) is 1.77. The van der Waals surface area contributed by atoms with E-state index in [2.05, 4.69) is 11.3 Å². The molecule has 0 saturated carbocycles. The van der Waals surface area contributed by atoms with E-state index in [4.69, 9.17) is 9.47 Å². The molecular weight excluding hydrogens is 395 g/mol. The van der Waals surface area contributed by atoms with E-state index in [1.165, 1.54) is 25.2 Å². The number of halogens is 3. The van der Waals surface area contributed by atoms with E-state index in [0.717, 1.165) is 0 Å².